The zero-order valence-corrected chi connectivity index (χ0v) is 22.4. The largest absolute Gasteiger partial charge is 0.466 e. The Balaban J connectivity index is 0.00000363. The number of rotatable bonds is 7. The van der Waals surface area contributed by atoms with E-state index in [9.17, 15) is 4.79 Å². The molecule has 2 aliphatic rings. The number of carbonyl (C=O) groups excluding carboxylic acids is 1. The fraction of sp³-hybridized carbons (Fsp3) is 0.667. The molecule has 0 bridgehead atoms. The summed E-state index contributed by atoms with van der Waals surface area (Å²) >= 11 is 6.31. The first-order valence-corrected chi connectivity index (χ1v) is 12.1. The third-order valence-electron chi connectivity index (χ3n) is 6.53. The molecule has 8 heteroatoms. The van der Waals surface area contributed by atoms with Crippen LogP contribution in [0.25, 0.3) is 0 Å². The first-order valence-electron chi connectivity index (χ1n) is 11.7. The van der Waals surface area contributed by atoms with E-state index in [1.165, 1.54) is 18.4 Å². The smallest absolute Gasteiger partial charge is 0.308 e. The van der Waals surface area contributed by atoms with Gasteiger partial charge in [0.15, 0.2) is 5.96 Å². The molecule has 1 aliphatic heterocycles. The number of benzene rings is 1. The van der Waals surface area contributed by atoms with Gasteiger partial charge >= 0.3 is 5.97 Å². The number of likely N-dealkylation sites (tertiary alicyclic amines) is 1. The van der Waals surface area contributed by atoms with Crippen LogP contribution < -0.4 is 10.6 Å². The van der Waals surface area contributed by atoms with Gasteiger partial charge in [-0.25, -0.2) is 0 Å². The molecule has 1 heterocycles. The predicted molar refractivity (Wildman–Crippen MR) is 142 cm³/mol. The third kappa shape index (κ3) is 8.37. The molecule has 0 atom stereocenters. The van der Waals surface area contributed by atoms with Crippen molar-refractivity contribution in [2.75, 3.05) is 33.3 Å². The lowest BCUT2D eigenvalue weighted by molar-refractivity contribution is -0.149. The Labute approximate surface area is 214 Å². The standard InChI is InChI=1S/C24H37ClN4O2.HI/c1-3-31-23(30)19-8-10-21(11-9-19)28-24(26-2)27-16-18-12-14-29(15-13-18)17-20-6-4-5-7-22(20)25;/h4-7,18-19,21H,3,8-17H2,1-2H3,(H2,26,27,28);1H. The lowest BCUT2D eigenvalue weighted by Gasteiger charge is -2.33. The Morgan fingerprint density at radius 1 is 1.16 bits per heavy atom. The molecule has 1 aromatic carbocycles. The molecule has 2 fully saturated rings. The predicted octanol–water partition coefficient (Wildman–Crippen LogP) is 4.46. The molecule has 1 saturated carbocycles. The van der Waals surface area contributed by atoms with E-state index in [4.69, 9.17) is 16.3 Å². The van der Waals surface area contributed by atoms with Crippen molar-refractivity contribution >= 4 is 47.5 Å². The van der Waals surface area contributed by atoms with Crippen molar-refractivity contribution < 1.29 is 9.53 Å². The van der Waals surface area contributed by atoms with Gasteiger partial charge in [0.25, 0.3) is 0 Å². The fourth-order valence-corrected chi connectivity index (χ4v) is 4.77. The number of esters is 1. The SMILES string of the molecule is CCOC(=O)C1CCC(NC(=NC)NCC2CCN(Cc3ccccc3Cl)CC2)CC1.I. The van der Waals surface area contributed by atoms with Crippen LogP contribution in [0, 0.1) is 11.8 Å². The minimum Gasteiger partial charge on any atom is -0.466 e. The van der Waals surface area contributed by atoms with Gasteiger partial charge in [0.2, 0.25) is 0 Å². The van der Waals surface area contributed by atoms with Gasteiger partial charge in [-0.05, 0) is 76.1 Å². The summed E-state index contributed by atoms with van der Waals surface area (Å²) in [4.78, 5) is 18.8. The minimum absolute atomic E-state index is 0. The zero-order chi connectivity index (χ0) is 22.1. The van der Waals surface area contributed by atoms with Crippen molar-refractivity contribution in [3.63, 3.8) is 0 Å². The highest BCUT2D eigenvalue weighted by Crippen LogP contribution is 2.25. The maximum absolute atomic E-state index is 11.9. The number of nitrogens with zero attached hydrogens (tertiary/aromatic N) is 2. The van der Waals surface area contributed by atoms with Gasteiger partial charge in [0.05, 0.1) is 12.5 Å². The van der Waals surface area contributed by atoms with E-state index in [0.29, 0.717) is 18.6 Å². The fourth-order valence-electron chi connectivity index (χ4n) is 4.58. The zero-order valence-electron chi connectivity index (χ0n) is 19.3. The van der Waals surface area contributed by atoms with Crippen molar-refractivity contribution in [2.24, 2.45) is 16.8 Å². The van der Waals surface area contributed by atoms with Crippen LogP contribution in [0.2, 0.25) is 5.02 Å². The maximum atomic E-state index is 11.9. The van der Waals surface area contributed by atoms with Crippen LogP contribution in [0.1, 0.15) is 51.0 Å². The summed E-state index contributed by atoms with van der Waals surface area (Å²) < 4.78 is 5.17. The summed E-state index contributed by atoms with van der Waals surface area (Å²) in [5, 5.41) is 7.93. The second kappa shape index (κ2) is 14.3. The Bertz CT molecular complexity index is 732. The molecule has 6 nitrogen and oxygen atoms in total. The highest BCUT2D eigenvalue weighted by molar-refractivity contribution is 14.0. The summed E-state index contributed by atoms with van der Waals surface area (Å²) in [5.41, 5.74) is 1.21. The van der Waals surface area contributed by atoms with Crippen LogP contribution in [-0.2, 0) is 16.1 Å². The molecular formula is C24H38ClIN4O2. The van der Waals surface area contributed by atoms with Gasteiger partial charge in [0, 0.05) is 31.2 Å². The number of carbonyl (C=O) groups is 1. The van der Waals surface area contributed by atoms with Gasteiger partial charge < -0.3 is 15.4 Å². The van der Waals surface area contributed by atoms with Gasteiger partial charge in [-0.15, -0.1) is 24.0 Å². The van der Waals surface area contributed by atoms with Gasteiger partial charge in [-0.1, -0.05) is 29.8 Å². The molecule has 1 aliphatic carbocycles. The Kier molecular flexibility index (Phi) is 12.1. The average Bonchev–Trinajstić information content (AvgIpc) is 2.79. The number of hydrogen-bond acceptors (Lipinski definition) is 4. The number of nitrogens with one attached hydrogen (secondary N) is 2. The lowest BCUT2D eigenvalue weighted by Crippen LogP contribution is -2.47. The van der Waals surface area contributed by atoms with Gasteiger partial charge in [-0.3, -0.25) is 14.7 Å². The molecular weight excluding hydrogens is 539 g/mol. The molecule has 32 heavy (non-hydrogen) atoms. The van der Waals surface area contributed by atoms with Crippen LogP contribution in [0.4, 0.5) is 0 Å². The van der Waals surface area contributed by atoms with Crippen LogP contribution in [0.5, 0.6) is 0 Å². The van der Waals surface area contributed by atoms with Crippen LogP contribution in [0.15, 0.2) is 29.3 Å². The summed E-state index contributed by atoms with van der Waals surface area (Å²) in [6.45, 7) is 6.40. The molecule has 2 N–H and O–H groups in total. The topological polar surface area (TPSA) is 66.0 Å². The van der Waals surface area contributed by atoms with Gasteiger partial charge in [-0.2, -0.15) is 0 Å². The van der Waals surface area contributed by atoms with E-state index in [0.717, 1.165) is 62.8 Å². The maximum Gasteiger partial charge on any atom is 0.308 e. The summed E-state index contributed by atoms with van der Waals surface area (Å²) in [6, 6.07) is 8.49. The van der Waals surface area contributed by atoms with Crippen molar-refractivity contribution in [1.82, 2.24) is 15.5 Å². The number of halogens is 2. The Hall–Kier alpha value is -1.06. The van der Waals surface area contributed by atoms with E-state index in [-0.39, 0.29) is 35.9 Å². The minimum atomic E-state index is -0.0377. The molecule has 0 amide bonds. The molecule has 1 saturated heterocycles. The quantitative estimate of drug-likeness (QED) is 0.217. The second-order valence-electron chi connectivity index (χ2n) is 8.71. The van der Waals surface area contributed by atoms with Crippen LogP contribution in [0.3, 0.4) is 0 Å². The highest BCUT2D eigenvalue weighted by atomic mass is 127. The molecule has 0 radical (unpaired) electrons. The molecule has 0 unspecified atom stereocenters. The monoisotopic (exact) mass is 576 g/mol. The number of guanidine groups is 1. The molecule has 3 rings (SSSR count). The van der Waals surface area contributed by atoms with Gasteiger partial charge in [0.1, 0.15) is 0 Å². The van der Waals surface area contributed by atoms with Crippen molar-refractivity contribution in [2.45, 2.75) is 58.0 Å². The number of piperidine rings is 1. The number of aliphatic imine (C=N–C) groups is 1. The molecule has 0 spiro atoms. The summed E-state index contributed by atoms with van der Waals surface area (Å²) in [6.07, 6.45) is 6.09. The molecule has 0 aromatic heterocycles. The van der Waals surface area contributed by atoms with E-state index >= 15 is 0 Å². The van der Waals surface area contributed by atoms with Crippen LogP contribution >= 0.6 is 35.6 Å². The van der Waals surface area contributed by atoms with Crippen LogP contribution in [-0.4, -0.2) is 56.2 Å². The summed E-state index contributed by atoms with van der Waals surface area (Å²) in [7, 11) is 1.83. The molecule has 1 aromatic rings. The van der Waals surface area contributed by atoms with Crippen molar-refractivity contribution in [3.8, 4) is 0 Å². The average molecular weight is 577 g/mol. The van der Waals surface area contributed by atoms with E-state index in [1.54, 1.807) is 0 Å². The first-order chi connectivity index (χ1) is 15.1. The normalized spacial score (nSPS) is 22.7. The number of ether oxygens (including phenoxy) is 1. The first kappa shape index (κ1) is 27.2. The highest BCUT2D eigenvalue weighted by Gasteiger charge is 2.28. The molecule has 180 valence electrons. The summed E-state index contributed by atoms with van der Waals surface area (Å²) in [5.74, 6) is 1.55. The van der Waals surface area contributed by atoms with E-state index in [1.807, 2.05) is 26.1 Å². The Morgan fingerprint density at radius 2 is 1.84 bits per heavy atom. The second-order valence-corrected chi connectivity index (χ2v) is 9.12. The van der Waals surface area contributed by atoms with E-state index < -0.39 is 0 Å². The lowest BCUT2D eigenvalue weighted by atomic mass is 9.86. The Morgan fingerprint density at radius 3 is 2.47 bits per heavy atom. The van der Waals surface area contributed by atoms with E-state index in [2.05, 4.69) is 32.7 Å². The van der Waals surface area contributed by atoms with Crippen molar-refractivity contribution in [1.29, 1.82) is 0 Å². The third-order valence-corrected chi connectivity index (χ3v) is 6.90. The number of hydrogen-bond donors (Lipinski definition) is 2. The van der Waals surface area contributed by atoms with Crippen molar-refractivity contribution in [3.05, 3.63) is 34.9 Å².